The van der Waals surface area contributed by atoms with Gasteiger partial charge in [-0.15, -0.1) is 0 Å². The minimum absolute atomic E-state index is 0.0373. The molecule has 1 rings (SSSR count). The summed E-state index contributed by atoms with van der Waals surface area (Å²) in [5.41, 5.74) is 22.8. The average molecular weight is 689 g/mol. The molecule has 274 valence electrons. The number of aliphatic imine (C=N–C) groups is 1. The van der Waals surface area contributed by atoms with Gasteiger partial charge in [-0.1, -0.05) is 48.0 Å². The molecule has 0 radical (unpaired) electrons. The molecule has 0 bridgehead atoms. The summed E-state index contributed by atoms with van der Waals surface area (Å²) in [6.45, 7) is 10.9. The van der Waals surface area contributed by atoms with Crippen LogP contribution in [0.25, 0.3) is 0 Å². The smallest absolute Gasteiger partial charge is 0.251 e. The van der Waals surface area contributed by atoms with Crippen LogP contribution in [0.5, 0.6) is 0 Å². The molecule has 0 saturated carbocycles. The summed E-state index contributed by atoms with van der Waals surface area (Å²) in [5, 5.41) is 13.2. The van der Waals surface area contributed by atoms with Gasteiger partial charge in [0.15, 0.2) is 5.96 Å². The lowest BCUT2D eigenvalue weighted by Crippen LogP contribution is -2.57. The Bertz CT molecular complexity index is 1300. The number of guanidine groups is 1. The van der Waals surface area contributed by atoms with E-state index in [0.29, 0.717) is 36.9 Å². The van der Waals surface area contributed by atoms with Crippen LogP contribution in [0, 0.1) is 17.8 Å². The summed E-state index contributed by atoms with van der Waals surface area (Å²) < 4.78 is 0. The van der Waals surface area contributed by atoms with E-state index in [-0.39, 0.29) is 36.7 Å². The molecule has 0 spiro atoms. The van der Waals surface area contributed by atoms with E-state index in [1.54, 1.807) is 31.2 Å². The molecule has 16 heteroatoms. The van der Waals surface area contributed by atoms with E-state index in [9.17, 15) is 28.8 Å². The zero-order valence-electron chi connectivity index (χ0n) is 29.5. The van der Waals surface area contributed by atoms with Crippen LogP contribution < -0.4 is 49.5 Å². The first-order valence-electron chi connectivity index (χ1n) is 16.6. The van der Waals surface area contributed by atoms with Crippen molar-refractivity contribution in [3.8, 4) is 0 Å². The van der Waals surface area contributed by atoms with E-state index >= 15 is 0 Å². The number of carbonyl (C=O) groups excluding carboxylic acids is 6. The third-order valence-electron chi connectivity index (χ3n) is 7.68. The van der Waals surface area contributed by atoms with Crippen LogP contribution in [-0.4, -0.2) is 78.7 Å². The molecule has 1 aromatic rings. The summed E-state index contributed by atoms with van der Waals surface area (Å²) in [4.78, 5) is 81.7. The van der Waals surface area contributed by atoms with Crippen LogP contribution in [0.2, 0.25) is 0 Å². The zero-order chi connectivity index (χ0) is 37.3. The van der Waals surface area contributed by atoms with Crippen LogP contribution in [0.15, 0.2) is 29.3 Å². The number of hydrogen-bond donors (Lipinski definition) is 9. The van der Waals surface area contributed by atoms with Gasteiger partial charge in [-0.2, -0.15) is 0 Å². The Hall–Kier alpha value is -4.89. The number of primary amides is 1. The Labute approximate surface area is 288 Å². The summed E-state index contributed by atoms with van der Waals surface area (Å²) in [5.74, 6) is -4.02. The lowest BCUT2D eigenvalue weighted by Gasteiger charge is -2.27. The quantitative estimate of drug-likeness (QED) is 0.0352. The van der Waals surface area contributed by atoms with Crippen LogP contribution in [-0.2, 0) is 24.0 Å². The molecule has 0 aliphatic heterocycles. The SMILES string of the molecule is CC[C@H](C)[C@H](NC(=O)[C@H](CC(C)C)NC(=O)c1ccc(N)cc1)C(=O)NCC(=O)N[C@@H](CCCN=C(N)N)C(=O)N[C@@H](CC(C)C)C(N)=O. The highest BCUT2D eigenvalue weighted by Gasteiger charge is 2.31. The maximum Gasteiger partial charge on any atom is 0.251 e. The lowest BCUT2D eigenvalue weighted by atomic mass is 9.96. The Morgan fingerprint density at radius 2 is 1.31 bits per heavy atom. The maximum atomic E-state index is 13.5. The van der Waals surface area contributed by atoms with Crippen LogP contribution in [0.3, 0.4) is 0 Å². The van der Waals surface area contributed by atoms with E-state index in [2.05, 4.69) is 31.6 Å². The standard InChI is InChI=1S/C33H56N10O6/c1-7-20(6)27(43-31(48)25(16-19(4)5)42-29(46)21-10-12-22(34)13-11-21)32(49)39-17-26(44)40-23(9-8-14-38-33(36)37)30(47)41-24(28(35)45)15-18(2)3/h10-13,18-20,23-25,27H,7-9,14-17,34H2,1-6H3,(H2,35,45)(H,39,49)(H,40,44)(H,41,47)(H,42,46)(H,43,48)(H4,36,37,38)/t20-,23-,24-,25-,27-/m0/s1. The summed E-state index contributed by atoms with van der Waals surface area (Å²) in [6, 6.07) is 2.27. The summed E-state index contributed by atoms with van der Waals surface area (Å²) in [6.07, 6.45) is 1.58. The molecule has 5 atom stereocenters. The molecular formula is C33H56N10O6. The number of hydrogen-bond acceptors (Lipinski definition) is 8. The lowest BCUT2D eigenvalue weighted by molar-refractivity contribution is -0.133. The fraction of sp³-hybridized carbons (Fsp3) is 0.606. The minimum Gasteiger partial charge on any atom is -0.399 e. The monoisotopic (exact) mass is 688 g/mol. The molecule has 0 unspecified atom stereocenters. The van der Waals surface area contributed by atoms with E-state index in [4.69, 9.17) is 22.9 Å². The molecule has 0 aliphatic rings. The van der Waals surface area contributed by atoms with Crippen LogP contribution in [0.1, 0.15) is 84.0 Å². The highest BCUT2D eigenvalue weighted by atomic mass is 16.2. The van der Waals surface area contributed by atoms with Gasteiger partial charge in [-0.25, -0.2) is 0 Å². The Kier molecular flexibility index (Phi) is 18.2. The van der Waals surface area contributed by atoms with Gasteiger partial charge in [0.25, 0.3) is 5.91 Å². The van der Waals surface area contributed by atoms with Crippen molar-refractivity contribution in [3.63, 3.8) is 0 Å². The van der Waals surface area contributed by atoms with Gasteiger partial charge in [0.1, 0.15) is 24.2 Å². The number of anilines is 1. The van der Waals surface area contributed by atoms with Crippen molar-refractivity contribution in [2.75, 3.05) is 18.8 Å². The zero-order valence-corrected chi connectivity index (χ0v) is 29.5. The second-order valence-electron chi connectivity index (χ2n) is 13.0. The van der Waals surface area contributed by atoms with E-state index in [1.807, 2.05) is 34.6 Å². The van der Waals surface area contributed by atoms with Gasteiger partial charge in [-0.05, 0) is 67.7 Å². The number of nitrogen functional groups attached to an aromatic ring is 1. The Morgan fingerprint density at radius 3 is 1.84 bits per heavy atom. The van der Waals surface area contributed by atoms with Gasteiger partial charge >= 0.3 is 0 Å². The van der Waals surface area contributed by atoms with Crippen LogP contribution in [0.4, 0.5) is 5.69 Å². The topological polar surface area (TPSA) is 279 Å². The molecule has 0 aromatic heterocycles. The third kappa shape index (κ3) is 16.2. The van der Waals surface area contributed by atoms with Crippen molar-refractivity contribution in [2.24, 2.45) is 39.9 Å². The van der Waals surface area contributed by atoms with Crippen LogP contribution >= 0.6 is 0 Å². The van der Waals surface area contributed by atoms with E-state index < -0.39 is 66.2 Å². The molecule has 1 aromatic carbocycles. The van der Waals surface area contributed by atoms with E-state index in [0.717, 1.165) is 0 Å². The van der Waals surface area contributed by atoms with Crippen molar-refractivity contribution in [3.05, 3.63) is 29.8 Å². The number of carbonyl (C=O) groups is 6. The van der Waals surface area contributed by atoms with Gasteiger partial charge in [0.2, 0.25) is 29.5 Å². The number of nitrogens with zero attached hydrogens (tertiary/aromatic N) is 1. The molecule has 0 saturated heterocycles. The third-order valence-corrected chi connectivity index (χ3v) is 7.68. The predicted octanol–water partition coefficient (Wildman–Crippen LogP) is -0.385. The Morgan fingerprint density at radius 1 is 0.735 bits per heavy atom. The van der Waals surface area contributed by atoms with Crippen molar-refractivity contribution < 1.29 is 28.8 Å². The van der Waals surface area contributed by atoms with Gasteiger partial charge in [-0.3, -0.25) is 33.8 Å². The number of nitrogens with two attached hydrogens (primary N) is 4. The first-order valence-corrected chi connectivity index (χ1v) is 16.6. The molecule has 0 aliphatic carbocycles. The molecule has 13 N–H and O–H groups in total. The van der Waals surface area contributed by atoms with Crippen molar-refractivity contribution in [1.82, 2.24) is 26.6 Å². The molecule has 0 fully saturated rings. The highest BCUT2D eigenvalue weighted by Crippen LogP contribution is 2.13. The van der Waals surface area contributed by atoms with Gasteiger partial charge < -0.3 is 49.5 Å². The van der Waals surface area contributed by atoms with Gasteiger partial charge in [0.05, 0.1) is 6.54 Å². The minimum atomic E-state index is -1.08. The van der Waals surface area contributed by atoms with Gasteiger partial charge in [0, 0.05) is 17.8 Å². The van der Waals surface area contributed by atoms with E-state index in [1.165, 1.54) is 0 Å². The molecule has 6 amide bonds. The largest absolute Gasteiger partial charge is 0.399 e. The fourth-order valence-electron chi connectivity index (χ4n) is 4.82. The van der Waals surface area contributed by atoms with Crippen molar-refractivity contribution >= 4 is 47.1 Å². The predicted molar refractivity (Wildman–Crippen MR) is 188 cm³/mol. The first kappa shape index (κ1) is 42.1. The van der Waals surface area contributed by atoms with Crippen molar-refractivity contribution in [2.45, 2.75) is 97.8 Å². The molecule has 16 nitrogen and oxygen atoms in total. The Balaban J connectivity index is 3.02. The first-order chi connectivity index (χ1) is 22.9. The maximum absolute atomic E-state index is 13.5. The summed E-state index contributed by atoms with van der Waals surface area (Å²) in [7, 11) is 0. The normalized spacial score (nSPS) is 14.0. The second-order valence-corrected chi connectivity index (χ2v) is 13.0. The van der Waals surface area contributed by atoms with Crippen molar-refractivity contribution in [1.29, 1.82) is 0 Å². The number of amides is 6. The molecule has 0 heterocycles. The molecular weight excluding hydrogens is 632 g/mol. The second kappa shape index (κ2) is 21.2. The number of nitrogens with one attached hydrogen (secondary N) is 5. The fourth-order valence-corrected chi connectivity index (χ4v) is 4.82. The summed E-state index contributed by atoms with van der Waals surface area (Å²) >= 11 is 0. The highest BCUT2D eigenvalue weighted by molar-refractivity contribution is 5.99. The molecule has 49 heavy (non-hydrogen) atoms. The number of benzene rings is 1. The number of rotatable bonds is 21. The average Bonchev–Trinajstić information content (AvgIpc) is 3.02.